The van der Waals surface area contributed by atoms with Crippen molar-refractivity contribution in [1.29, 1.82) is 0 Å². The Morgan fingerprint density at radius 2 is 1.92 bits per heavy atom. The van der Waals surface area contributed by atoms with E-state index in [1.54, 1.807) is 23.1 Å². The summed E-state index contributed by atoms with van der Waals surface area (Å²) in [6, 6.07) is 11.7. The van der Waals surface area contributed by atoms with Gasteiger partial charge in [-0.05, 0) is 23.6 Å². The Bertz CT molecular complexity index is 722. The molecule has 2 amide bonds. The smallest absolute Gasteiger partial charge is 0.319 e. The van der Waals surface area contributed by atoms with Crippen molar-refractivity contribution in [2.75, 3.05) is 5.32 Å². The Morgan fingerprint density at radius 1 is 1.16 bits per heavy atom. The van der Waals surface area contributed by atoms with E-state index < -0.39 is 5.82 Å². The molecule has 0 radical (unpaired) electrons. The molecule has 0 spiro atoms. The van der Waals surface area contributed by atoms with Gasteiger partial charge in [-0.2, -0.15) is 0 Å². The largest absolute Gasteiger partial charge is 0.335 e. The molecule has 132 valence electrons. The van der Waals surface area contributed by atoms with Crippen LogP contribution in [0.15, 0.2) is 41.8 Å². The number of anilines is 1. The second-order valence-electron chi connectivity index (χ2n) is 7.05. The monoisotopic (exact) mass is 360 g/mol. The lowest BCUT2D eigenvalue weighted by Gasteiger charge is -2.36. The van der Waals surface area contributed by atoms with E-state index >= 15 is 0 Å². The number of amides is 2. The number of carbonyl (C=O) groups excluding carboxylic acids is 1. The summed E-state index contributed by atoms with van der Waals surface area (Å²) in [5.74, 6) is -0.409. The minimum absolute atomic E-state index is 0.177. The number of carbonyl (C=O) groups is 1. The molecule has 25 heavy (non-hydrogen) atoms. The van der Waals surface area contributed by atoms with E-state index in [1.165, 1.54) is 23.8 Å². The molecule has 0 aliphatic carbocycles. The van der Waals surface area contributed by atoms with Gasteiger partial charge in [0.05, 0.1) is 22.6 Å². The van der Waals surface area contributed by atoms with Crippen LogP contribution in [0.25, 0.3) is 0 Å². The van der Waals surface area contributed by atoms with Gasteiger partial charge in [0.25, 0.3) is 0 Å². The van der Waals surface area contributed by atoms with Gasteiger partial charge in [-0.15, -0.1) is 11.3 Å². The molecule has 6 heteroatoms. The van der Waals surface area contributed by atoms with Crippen LogP contribution in [0.2, 0.25) is 0 Å². The Labute approximate surface area is 151 Å². The number of para-hydroxylation sites is 1. The van der Waals surface area contributed by atoms with Crippen LogP contribution in [0.4, 0.5) is 14.9 Å². The summed E-state index contributed by atoms with van der Waals surface area (Å²) in [4.78, 5) is 15.3. The summed E-state index contributed by atoms with van der Waals surface area (Å²) < 4.78 is 13.6. The molecule has 3 N–H and O–H groups in total. The van der Waals surface area contributed by atoms with Crippen molar-refractivity contribution in [1.82, 2.24) is 5.32 Å². The van der Waals surface area contributed by atoms with Crippen molar-refractivity contribution in [2.24, 2.45) is 0 Å². The zero-order valence-electron chi connectivity index (χ0n) is 14.0. The molecule has 4 atom stereocenters. The highest BCUT2D eigenvalue weighted by Crippen LogP contribution is 2.24. The molecule has 1 aromatic carbocycles. The Hall–Kier alpha value is -1.92. The second-order valence-corrected chi connectivity index (χ2v) is 8.08. The molecule has 2 aromatic rings. The van der Waals surface area contributed by atoms with Gasteiger partial charge in [0.2, 0.25) is 0 Å². The van der Waals surface area contributed by atoms with Gasteiger partial charge in [-0.1, -0.05) is 18.2 Å². The number of quaternary nitrogens is 1. The molecular formula is C19H23FN3OS+. The first-order valence-electron chi connectivity index (χ1n) is 8.89. The van der Waals surface area contributed by atoms with Crippen LogP contribution in [0.1, 0.15) is 30.6 Å². The first kappa shape index (κ1) is 16.5. The number of halogens is 1. The summed E-state index contributed by atoms with van der Waals surface area (Å²) in [7, 11) is 0. The number of rotatable bonds is 4. The molecule has 3 heterocycles. The quantitative estimate of drug-likeness (QED) is 0.771. The number of benzene rings is 1. The molecule has 2 unspecified atom stereocenters. The van der Waals surface area contributed by atoms with E-state index in [-0.39, 0.29) is 17.8 Å². The van der Waals surface area contributed by atoms with Crippen molar-refractivity contribution in [2.45, 2.75) is 50.4 Å². The lowest BCUT2D eigenvalue weighted by Crippen LogP contribution is -3.17. The fourth-order valence-electron chi connectivity index (χ4n) is 4.36. The van der Waals surface area contributed by atoms with Crippen LogP contribution in [0.5, 0.6) is 0 Å². The van der Waals surface area contributed by atoms with E-state index in [0.29, 0.717) is 12.1 Å². The maximum absolute atomic E-state index is 13.6. The van der Waals surface area contributed by atoms with Gasteiger partial charge < -0.3 is 15.5 Å². The summed E-state index contributed by atoms with van der Waals surface area (Å²) in [5.41, 5.74) is 0.226. The molecule has 2 aliphatic rings. The van der Waals surface area contributed by atoms with Crippen molar-refractivity contribution >= 4 is 23.1 Å². The molecule has 4 rings (SSSR count). The normalized spacial score (nSPS) is 27.9. The SMILES string of the molecule is O=C(Nc1ccccc1F)NC1C[C@H]2CC[C@@H](C1)[NH+]2Cc1cccs1. The second kappa shape index (κ2) is 7.14. The van der Waals surface area contributed by atoms with E-state index in [2.05, 4.69) is 28.1 Å². The van der Waals surface area contributed by atoms with Crippen LogP contribution in [0, 0.1) is 5.82 Å². The van der Waals surface area contributed by atoms with Crippen LogP contribution in [0.3, 0.4) is 0 Å². The fourth-order valence-corrected chi connectivity index (χ4v) is 5.09. The Kier molecular flexibility index (Phi) is 4.72. The fraction of sp³-hybridized carbons (Fsp3) is 0.421. The van der Waals surface area contributed by atoms with Crippen molar-refractivity contribution in [3.63, 3.8) is 0 Å². The molecule has 4 nitrogen and oxygen atoms in total. The summed E-state index contributed by atoms with van der Waals surface area (Å²) in [5, 5.41) is 7.81. The highest BCUT2D eigenvalue weighted by Gasteiger charge is 2.44. The topological polar surface area (TPSA) is 45.6 Å². The Morgan fingerprint density at radius 3 is 2.60 bits per heavy atom. The van der Waals surface area contributed by atoms with Gasteiger partial charge in [0.15, 0.2) is 0 Å². The number of fused-ring (bicyclic) bond motifs is 2. The summed E-state index contributed by atoms with van der Waals surface area (Å²) >= 11 is 1.83. The third-order valence-corrected chi connectivity index (χ3v) is 6.34. The first-order valence-corrected chi connectivity index (χ1v) is 9.77. The average Bonchev–Trinajstić information content (AvgIpc) is 3.17. The number of nitrogens with one attached hydrogen (secondary N) is 3. The summed E-state index contributed by atoms with van der Waals surface area (Å²) in [6.07, 6.45) is 4.47. The average molecular weight is 360 g/mol. The number of hydrogen-bond donors (Lipinski definition) is 3. The zero-order valence-corrected chi connectivity index (χ0v) is 14.8. The van der Waals surface area contributed by atoms with Crippen LogP contribution in [-0.4, -0.2) is 24.2 Å². The predicted molar refractivity (Wildman–Crippen MR) is 97.4 cm³/mol. The Balaban J connectivity index is 1.33. The van der Waals surface area contributed by atoms with Crippen LogP contribution in [-0.2, 0) is 6.54 Å². The van der Waals surface area contributed by atoms with Gasteiger partial charge in [0, 0.05) is 31.7 Å². The third-order valence-electron chi connectivity index (χ3n) is 5.47. The van der Waals surface area contributed by atoms with E-state index in [4.69, 9.17) is 0 Å². The molecule has 2 aliphatic heterocycles. The third kappa shape index (κ3) is 3.70. The number of hydrogen-bond acceptors (Lipinski definition) is 2. The minimum Gasteiger partial charge on any atom is -0.335 e. The van der Waals surface area contributed by atoms with E-state index in [9.17, 15) is 9.18 Å². The maximum atomic E-state index is 13.6. The lowest BCUT2D eigenvalue weighted by atomic mass is 9.97. The number of urea groups is 1. The molecule has 2 saturated heterocycles. The lowest BCUT2D eigenvalue weighted by molar-refractivity contribution is -0.954. The van der Waals surface area contributed by atoms with E-state index in [0.717, 1.165) is 19.4 Å². The molecule has 1 aromatic heterocycles. The molecule has 2 bridgehead atoms. The molecule has 0 saturated carbocycles. The van der Waals surface area contributed by atoms with Crippen LogP contribution >= 0.6 is 11.3 Å². The summed E-state index contributed by atoms with van der Waals surface area (Å²) in [6.45, 7) is 1.10. The number of piperidine rings is 1. The highest BCUT2D eigenvalue weighted by atomic mass is 32.1. The van der Waals surface area contributed by atoms with Crippen molar-refractivity contribution in [3.8, 4) is 0 Å². The molecular weight excluding hydrogens is 337 g/mol. The van der Waals surface area contributed by atoms with Crippen molar-refractivity contribution < 1.29 is 14.1 Å². The van der Waals surface area contributed by atoms with Gasteiger partial charge in [-0.3, -0.25) is 0 Å². The number of thiophene rings is 1. The van der Waals surface area contributed by atoms with Gasteiger partial charge in [0.1, 0.15) is 12.4 Å². The zero-order chi connectivity index (χ0) is 17.2. The first-order chi connectivity index (χ1) is 12.2. The van der Waals surface area contributed by atoms with Gasteiger partial charge >= 0.3 is 6.03 Å². The van der Waals surface area contributed by atoms with Crippen LogP contribution < -0.4 is 15.5 Å². The highest BCUT2D eigenvalue weighted by molar-refractivity contribution is 7.09. The van der Waals surface area contributed by atoms with Gasteiger partial charge in [-0.25, -0.2) is 9.18 Å². The standard InChI is InChI=1S/C19H22FN3OS/c20-17-5-1-2-6-18(17)22-19(24)21-13-10-14-7-8-15(11-13)23(14)12-16-4-3-9-25-16/h1-6,9,13-15H,7-8,10-12H2,(H2,21,22,24)/p+1/t13?,14-,15+. The van der Waals surface area contributed by atoms with E-state index in [1.807, 2.05) is 11.3 Å². The van der Waals surface area contributed by atoms with Crippen molar-refractivity contribution in [3.05, 3.63) is 52.5 Å². The predicted octanol–water partition coefficient (Wildman–Crippen LogP) is 2.79. The minimum atomic E-state index is -0.409. The molecule has 2 fully saturated rings. The maximum Gasteiger partial charge on any atom is 0.319 e.